The van der Waals surface area contributed by atoms with Crippen LogP contribution in [-0.2, 0) is 10.0 Å². The number of nitrogens with two attached hydrogens (primary N) is 1. The summed E-state index contributed by atoms with van der Waals surface area (Å²) < 4.78 is 22.8. The van der Waals surface area contributed by atoms with Crippen LogP contribution in [0.1, 0.15) is 38.1 Å². The maximum absolute atomic E-state index is 12.3. The quantitative estimate of drug-likeness (QED) is 0.889. The highest BCUT2D eigenvalue weighted by molar-refractivity contribution is 7.89. The topological polar surface area (TPSA) is 89.3 Å². The molecule has 1 aliphatic carbocycles. The van der Waals surface area contributed by atoms with Crippen LogP contribution in [0.4, 0.5) is 0 Å². The number of nitrogens with one attached hydrogen (secondary N) is 1. The van der Waals surface area contributed by atoms with Gasteiger partial charge in [0.2, 0.25) is 10.0 Å². The Balaban J connectivity index is 2.28. The molecule has 116 valence electrons. The third-order valence-corrected chi connectivity index (χ3v) is 5.87. The summed E-state index contributed by atoms with van der Waals surface area (Å²) in [7, 11) is -3.90. The largest absolute Gasteiger partial charge is 0.348 e. The summed E-state index contributed by atoms with van der Waals surface area (Å²) in [6, 6.07) is 3.90. The van der Waals surface area contributed by atoms with Gasteiger partial charge in [-0.1, -0.05) is 39.3 Å². The van der Waals surface area contributed by atoms with Gasteiger partial charge >= 0.3 is 0 Å². The molecule has 5 nitrogen and oxygen atoms in total. The van der Waals surface area contributed by atoms with E-state index in [1.165, 1.54) is 18.2 Å². The van der Waals surface area contributed by atoms with Crippen molar-refractivity contribution in [3.8, 4) is 0 Å². The number of carbonyl (C=O) groups excluding carboxylic acids is 1. The van der Waals surface area contributed by atoms with Crippen LogP contribution in [0.15, 0.2) is 23.1 Å². The molecule has 0 atom stereocenters. The number of halogens is 1. The molecule has 0 saturated heterocycles. The number of hydrogen-bond donors (Lipinski definition) is 2. The van der Waals surface area contributed by atoms with Gasteiger partial charge in [-0.2, -0.15) is 0 Å². The molecular formula is C14H19ClN2O3S. The summed E-state index contributed by atoms with van der Waals surface area (Å²) in [6.45, 7) is 8.30. The predicted octanol–water partition coefficient (Wildman–Crippen LogP) is 2.15. The van der Waals surface area contributed by atoms with Crippen LogP contribution < -0.4 is 10.5 Å². The molecule has 21 heavy (non-hydrogen) atoms. The molecule has 1 aromatic carbocycles. The highest BCUT2D eigenvalue weighted by atomic mass is 35.5. The van der Waals surface area contributed by atoms with E-state index in [0.29, 0.717) is 0 Å². The van der Waals surface area contributed by atoms with E-state index in [4.69, 9.17) is 16.7 Å². The van der Waals surface area contributed by atoms with E-state index in [-0.39, 0.29) is 38.3 Å². The summed E-state index contributed by atoms with van der Waals surface area (Å²) >= 11 is 5.86. The number of primary sulfonamides is 1. The summed E-state index contributed by atoms with van der Waals surface area (Å²) in [5.41, 5.74) is 0.165. The first-order valence-electron chi connectivity index (χ1n) is 6.51. The number of sulfonamides is 1. The van der Waals surface area contributed by atoms with Crippen molar-refractivity contribution in [1.82, 2.24) is 5.32 Å². The third kappa shape index (κ3) is 2.80. The molecule has 0 spiro atoms. The molecule has 0 unspecified atom stereocenters. The van der Waals surface area contributed by atoms with Gasteiger partial charge in [0.25, 0.3) is 5.91 Å². The maximum Gasteiger partial charge on any atom is 0.251 e. The lowest BCUT2D eigenvalue weighted by molar-refractivity contribution is 0.0943. The Bertz CT molecular complexity index is 697. The second-order valence-corrected chi connectivity index (χ2v) is 8.57. The van der Waals surface area contributed by atoms with Gasteiger partial charge in [0.1, 0.15) is 0 Å². The highest BCUT2D eigenvalue weighted by Gasteiger charge is 2.65. The van der Waals surface area contributed by atoms with Crippen molar-refractivity contribution in [3.63, 3.8) is 0 Å². The molecule has 7 heteroatoms. The number of rotatable bonds is 3. The number of hydrogen-bond acceptors (Lipinski definition) is 3. The monoisotopic (exact) mass is 330 g/mol. The summed E-state index contributed by atoms with van der Waals surface area (Å²) in [4.78, 5) is 12.1. The summed E-state index contributed by atoms with van der Waals surface area (Å²) in [5.74, 6) is -0.356. The van der Waals surface area contributed by atoms with Crippen molar-refractivity contribution in [3.05, 3.63) is 28.8 Å². The second-order valence-electron chi connectivity index (χ2n) is 6.57. The maximum atomic E-state index is 12.3. The number of carbonyl (C=O) groups is 1. The average Bonchev–Trinajstić information content (AvgIpc) is 2.69. The third-order valence-electron chi connectivity index (χ3n) is 4.76. The van der Waals surface area contributed by atoms with Crippen LogP contribution in [0.25, 0.3) is 0 Å². The lowest BCUT2D eigenvalue weighted by Gasteiger charge is -2.09. The van der Waals surface area contributed by atoms with Crippen LogP contribution in [0.5, 0.6) is 0 Å². The van der Waals surface area contributed by atoms with E-state index in [9.17, 15) is 13.2 Å². The van der Waals surface area contributed by atoms with E-state index in [2.05, 4.69) is 33.0 Å². The van der Waals surface area contributed by atoms with Gasteiger partial charge in [0.15, 0.2) is 0 Å². The fourth-order valence-corrected chi connectivity index (χ4v) is 3.51. The van der Waals surface area contributed by atoms with Crippen LogP contribution in [0.2, 0.25) is 5.02 Å². The standard InChI is InChI=1S/C14H19ClN2O3S/c1-13(2)12(14(13,3)4)17-11(18)8-5-9(15)7-10(6-8)21(16,19)20/h5-7,12H,1-4H3,(H,17,18)(H2,16,19,20). The second kappa shape index (κ2) is 4.69. The zero-order valence-electron chi connectivity index (χ0n) is 12.4. The van der Waals surface area contributed by atoms with Crippen molar-refractivity contribution in [2.75, 3.05) is 0 Å². The fourth-order valence-electron chi connectivity index (χ4n) is 2.63. The zero-order chi connectivity index (χ0) is 16.2. The van der Waals surface area contributed by atoms with Crippen molar-refractivity contribution in [1.29, 1.82) is 0 Å². The Hall–Kier alpha value is -1.11. The molecule has 2 rings (SSSR count). The van der Waals surface area contributed by atoms with Crippen LogP contribution in [-0.4, -0.2) is 20.4 Å². The van der Waals surface area contributed by atoms with Gasteiger partial charge in [-0.15, -0.1) is 0 Å². The minimum atomic E-state index is -3.90. The molecule has 0 aliphatic heterocycles. The van der Waals surface area contributed by atoms with Gasteiger partial charge < -0.3 is 5.32 Å². The Labute approximate surface area is 129 Å². The smallest absolute Gasteiger partial charge is 0.251 e. The normalized spacial score (nSPS) is 20.1. The Morgan fingerprint density at radius 2 is 1.71 bits per heavy atom. The molecule has 1 fully saturated rings. The molecule has 1 saturated carbocycles. The van der Waals surface area contributed by atoms with Crippen molar-refractivity contribution in [2.24, 2.45) is 16.0 Å². The molecule has 0 radical (unpaired) electrons. The predicted molar refractivity (Wildman–Crippen MR) is 81.6 cm³/mol. The van der Waals surface area contributed by atoms with Gasteiger partial charge in [0.05, 0.1) is 4.90 Å². The highest BCUT2D eigenvalue weighted by Crippen LogP contribution is 2.62. The summed E-state index contributed by atoms with van der Waals surface area (Å²) in [6.07, 6.45) is 0. The van der Waals surface area contributed by atoms with Crippen LogP contribution >= 0.6 is 11.6 Å². The van der Waals surface area contributed by atoms with E-state index in [0.717, 1.165) is 0 Å². The van der Waals surface area contributed by atoms with Gasteiger partial charge in [-0.05, 0) is 29.0 Å². The Morgan fingerprint density at radius 1 is 1.19 bits per heavy atom. The molecule has 3 N–H and O–H groups in total. The fraction of sp³-hybridized carbons (Fsp3) is 0.500. The zero-order valence-corrected chi connectivity index (χ0v) is 14.0. The van der Waals surface area contributed by atoms with E-state index >= 15 is 0 Å². The Kier molecular flexibility index (Phi) is 3.64. The molecule has 1 aromatic rings. The van der Waals surface area contributed by atoms with Crippen molar-refractivity contribution >= 4 is 27.5 Å². The molecule has 1 aliphatic rings. The first-order valence-corrected chi connectivity index (χ1v) is 8.44. The van der Waals surface area contributed by atoms with Gasteiger partial charge in [-0.3, -0.25) is 4.79 Å². The first kappa shape index (κ1) is 16.3. The van der Waals surface area contributed by atoms with Crippen molar-refractivity contribution < 1.29 is 13.2 Å². The lowest BCUT2D eigenvalue weighted by atomic mass is 10.0. The summed E-state index contributed by atoms with van der Waals surface area (Å²) in [5, 5.41) is 8.15. The SMILES string of the molecule is CC1(C)C(NC(=O)c2cc(Cl)cc(S(N)(=O)=O)c2)C1(C)C. The minimum absolute atomic E-state index is 0.00991. The van der Waals surface area contributed by atoms with Crippen molar-refractivity contribution in [2.45, 2.75) is 38.6 Å². The minimum Gasteiger partial charge on any atom is -0.348 e. The lowest BCUT2D eigenvalue weighted by Crippen LogP contribution is -2.30. The van der Waals surface area contributed by atoms with E-state index in [1.54, 1.807) is 0 Å². The first-order chi connectivity index (χ1) is 9.37. The average molecular weight is 331 g/mol. The molecule has 0 heterocycles. The van der Waals surface area contributed by atoms with E-state index < -0.39 is 10.0 Å². The molecule has 1 amide bonds. The van der Waals surface area contributed by atoms with Crippen LogP contribution in [0, 0.1) is 10.8 Å². The van der Waals surface area contributed by atoms with Crippen LogP contribution in [0.3, 0.4) is 0 Å². The number of benzene rings is 1. The molecule has 0 aromatic heterocycles. The Morgan fingerprint density at radius 3 is 2.14 bits per heavy atom. The molecular weight excluding hydrogens is 312 g/mol. The van der Waals surface area contributed by atoms with Gasteiger partial charge in [-0.25, -0.2) is 13.6 Å². The molecule has 0 bridgehead atoms. The van der Waals surface area contributed by atoms with E-state index in [1.807, 2.05) is 0 Å². The van der Waals surface area contributed by atoms with Gasteiger partial charge in [0, 0.05) is 16.6 Å². The number of amides is 1.